The quantitative estimate of drug-likeness (QED) is 0.472. The van der Waals surface area contributed by atoms with Crippen LogP contribution in [0.3, 0.4) is 0 Å². The smallest absolute Gasteiger partial charge is 0.243 e. The Morgan fingerprint density at radius 2 is 1.70 bits per heavy atom. The van der Waals surface area contributed by atoms with Gasteiger partial charge in [-0.3, -0.25) is 4.79 Å². The molecule has 2 aliphatic carbocycles. The predicted molar refractivity (Wildman–Crippen MR) is 130 cm³/mol. The average Bonchev–Trinajstić information content (AvgIpc) is 3.22. The molecular formula is C28H34FN3O. The van der Waals surface area contributed by atoms with Gasteiger partial charge < -0.3 is 9.88 Å². The lowest BCUT2D eigenvalue weighted by atomic mass is 9.82. The second-order valence-electron chi connectivity index (χ2n) is 9.94. The zero-order valence-electron chi connectivity index (χ0n) is 19.5. The van der Waals surface area contributed by atoms with E-state index in [2.05, 4.69) is 16.0 Å². The van der Waals surface area contributed by atoms with E-state index >= 15 is 0 Å². The Morgan fingerprint density at radius 1 is 1.00 bits per heavy atom. The van der Waals surface area contributed by atoms with Crippen molar-refractivity contribution in [2.75, 3.05) is 0 Å². The standard InChI is InChI=1S/C28H34FN3O/c1-19-18-21(16-17-23(19)29)27-31-24-14-8-9-15-25(24)32(27)26(20-10-4-2-5-11-20)28(33)30-22-12-6-3-7-13-22/h8-9,14-18,20,22,26H,2-7,10-13H2,1H3,(H,30,33). The first kappa shape index (κ1) is 22.1. The molecule has 5 heteroatoms. The third-order valence-electron chi connectivity index (χ3n) is 7.61. The Balaban J connectivity index is 1.62. The molecule has 1 heterocycles. The Bertz CT molecular complexity index is 1130. The largest absolute Gasteiger partial charge is 0.352 e. The first-order valence-electron chi connectivity index (χ1n) is 12.7. The molecule has 1 N–H and O–H groups in total. The zero-order valence-corrected chi connectivity index (χ0v) is 19.5. The van der Waals surface area contributed by atoms with E-state index in [0.717, 1.165) is 60.9 Å². The molecule has 2 aromatic carbocycles. The lowest BCUT2D eigenvalue weighted by Crippen LogP contribution is -2.43. The number of aromatic nitrogens is 2. The number of halogens is 1. The first-order valence-corrected chi connectivity index (χ1v) is 12.7. The van der Waals surface area contributed by atoms with Gasteiger partial charge in [0.15, 0.2) is 0 Å². The number of carbonyl (C=O) groups is 1. The molecule has 4 nitrogen and oxygen atoms in total. The molecule has 0 saturated heterocycles. The molecule has 3 aromatic rings. The fourth-order valence-electron chi connectivity index (χ4n) is 5.84. The van der Waals surface area contributed by atoms with Gasteiger partial charge in [-0.25, -0.2) is 9.37 Å². The highest BCUT2D eigenvalue weighted by atomic mass is 19.1. The van der Waals surface area contributed by atoms with Gasteiger partial charge in [-0.15, -0.1) is 0 Å². The minimum Gasteiger partial charge on any atom is -0.352 e. The van der Waals surface area contributed by atoms with Crippen LogP contribution in [0.4, 0.5) is 4.39 Å². The Labute approximate surface area is 195 Å². The number of aryl methyl sites for hydroxylation is 1. The maximum absolute atomic E-state index is 14.1. The number of nitrogens with one attached hydrogen (secondary N) is 1. The highest BCUT2D eigenvalue weighted by Gasteiger charge is 2.35. The molecule has 2 aliphatic rings. The first-order chi connectivity index (χ1) is 16.1. The van der Waals surface area contributed by atoms with Crippen LogP contribution in [0.15, 0.2) is 42.5 Å². The van der Waals surface area contributed by atoms with Gasteiger partial charge in [-0.05, 0) is 74.4 Å². The van der Waals surface area contributed by atoms with Crippen LogP contribution in [0.25, 0.3) is 22.4 Å². The number of benzene rings is 2. The number of carbonyl (C=O) groups excluding carboxylic acids is 1. The third-order valence-corrected chi connectivity index (χ3v) is 7.61. The molecule has 2 fully saturated rings. The summed E-state index contributed by atoms with van der Waals surface area (Å²) in [6.45, 7) is 1.78. The van der Waals surface area contributed by atoms with Gasteiger partial charge in [0, 0.05) is 11.6 Å². The summed E-state index contributed by atoms with van der Waals surface area (Å²) in [5.41, 5.74) is 3.30. The summed E-state index contributed by atoms with van der Waals surface area (Å²) in [7, 11) is 0. The summed E-state index contributed by atoms with van der Waals surface area (Å²) < 4.78 is 16.2. The van der Waals surface area contributed by atoms with Crippen LogP contribution in [0.1, 0.15) is 75.8 Å². The van der Waals surface area contributed by atoms with Crippen LogP contribution in [-0.2, 0) is 4.79 Å². The van der Waals surface area contributed by atoms with Crippen LogP contribution in [0, 0.1) is 18.7 Å². The zero-order chi connectivity index (χ0) is 22.8. The molecule has 0 radical (unpaired) electrons. The number of amides is 1. The maximum atomic E-state index is 14.1. The lowest BCUT2D eigenvalue weighted by Gasteiger charge is -2.33. The lowest BCUT2D eigenvalue weighted by molar-refractivity contribution is -0.127. The van der Waals surface area contributed by atoms with Gasteiger partial charge in [-0.2, -0.15) is 0 Å². The van der Waals surface area contributed by atoms with Crippen molar-refractivity contribution in [3.8, 4) is 11.4 Å². The van der Waals surface area contributed by atoms with E-state index in [1.165, 1.54) is 31.7 Å². The third kappa shape index (κ3) is 4.55. The van der Waals surface area contributed by atoms with E-state index in [0.29, 0.717) is 5.56 Å². The van der Waals surface area contributed by atoms with Crippen molar-refractivity contribution in [1.82, 2.24) is 14.9 Å². The molecule has 0 bridgehead atoms. The van der Waals surface area contributed by atoms with E-state index in [1.807, 2.05) is 24.3 Å². The van der Waals surface area contributed by atoms with Crippen molar-refractivity contribution in [3.63, 3.8) is 0 Å². The van der Waals surface area contributed by atoms with Crippen LogP contribution >= 0.6 is 0 Å². The Kier molecular flexibility index (Phi) is 6.48. The van der Waals surface area contributed by atoms with E-state index in [9.17, 15) is 9.18 Å². The maximum Gasteiger partial charge on any atom is 0.243 e. The minimum absolute atomic E-state index is 0.122. The number of imidazole rings is 1. The fourth-order valence-corrected chi connectivity index (χ4v) is 5.84. The molecular weight excluding hydrogens is 413 g/mol. The monoisotopic (exact) mass is 447 g/mol. The molecule has 33 heavy (non-hydrogen) atoms. The summed E-state index contributed by atoms with van der Waals surface area (Å²) in [4.78, 5) is 18.9. The van der Waals surface area contributed by atoms with Crippen LogP contribution in [0.2, 0.25) is 0 Å². The molecule has 1 atom stereocenters. The second kappa shape index (κ2) is 9.66. The molecule has 1 aromatic heterocycles. The molecule has 2 saturated carbocycles. The number of nitrogens with zero attached hydrogens (tertiary/aromatic N) is 2. The van der Waals surface area contributed by atoms with Crippen molar-refractivity contribution in [2.24, 2.45) is 5.92 Å². The van der Waals surface area contributed by atoms with Gasteiger partial charge >= 0.3 is 0 Å². The van der Waals surface area contributed by atoms with Crippen LogP contribution in [-0.4, -0.2) is 21.5 Å². The molecule has 0 spiro atoms. The van der Waals surface area contributed by atoms with Gasteiger partial charge in [0.05, 0.1) is 11.0 Å². The van der Waals surface area contributed by atoms with Crippen LogP contribution in [0.5, 0.6) is 0 Å². The van der Waals surface area contributed by atoms with Crippen molar-refractivity contribution in [2.45, 2.75) is 83.2 Å². The van der Waals surface area contributed by atoms with Crippen molar-refractivity contribution >= 4 is 16.9 Å². The average molecular weight is 448 g/mol. The molecule has 5 rings (SSSR count). The van der Waals surface area contributed by atoms with Gasteiger partial charge in [0.1, 0.15) is 17.7 Å². The molecule has 1 amide bonds. The summed E-state index contributed by atoms with van der Waals surface area (Å²) in [6.07, 6.45) is 11.4. The van der Waals surface area contributed by atoms with Gasteiger partial charge in [-0.1, -0.05) is 50.7 Å². The van der Waals surface area contributed by atoms with Gasteiger partial charge in [0.2, 0.25) is 5.91 Å². The number of rotatable bonds is 5. The normalized spacial score (nSPS) is 19.0. The SMILES string of the molecule is Cc1cc(-c2nc3ccccc3n2C(C(=O)NC2CCCCC2)C2CCCCC2)ccc1F. The van der Waals surface area contributed by atoms with Gasteiger partial charge in [0.25, 0.3) is 0 Å². The van der Waals surface area contributed by atoms with Crippen molar-refractivity contribution in [1.29, 1.82) is 0 Å². The van der Waals surface area contributed by atoms with E-state index in [4.69, 9.17) is 4.98 Å². The van der Waals surface area contributed by atoms with E-state index in [-0.39, 0.29) is 29.7 Å². The summed E-state index contributed by atoms with van der Waals surface area (Å²) in [5.74, 6) is 0.936. The van der Waals surface area contributed by atoms with E-state index in [1.54, 1.807) is 13.0 Å². The number of hydrogen-bond donors (Lipinski definition) is 1. The molecule has 1 unspecified atom stereocenters. The van der Waals surface area contributed by atoms with Crippen LogP contribution < -0.4 is 5.32 Å². The van der Waals surface area contributed by atoms with E-state index < -0.39 is 0 Å². The Hall–Kier alpha value is -2.69. The number of fused-ring (bicyclic) bond motifs is 1. The number of hydrogen-bond acceptors (Lipinski definition) is 2. The number of para-hydroxylation sites is 2. The topological polar surface area (TPSA) is 46.9 Å². The highest BCUT2D eigenvalue weighted by Crippen LogP contribution is 2.39. The van der Waals surface area contributed by atoms with Crippen molar-refractivity contribution in [3.05, 3.63) is 53.8 Å². The molecule has 174 valence electrons. The summed E-state index contributed by atoms with van der Waals surface area (Å²) in [5, 5.41) is 3.42. The Morgan fingerprint density at radius 3 is 2.42 bits per heavy atom. The molecule has 0 aliphatic heterocycles. The fraction of sp³-hybridized carbons (Fsp3) is 0.500. The second-order valence-corrected chi connectivity index (χ2v) is 9.94. The summed E-state index contributed by atoms with van der Waals surface area (Å²) >= 11 is 0. The highest BCUT2D eigenvalue weighted by molar-refractivity contribution is 5.87. The summed E-state index contributed by atoms with van der Waals surface area (Å²) in [6, 6.07) is 13.2. The predicted octanol–water partition coefficient (Wildman–Crippen LogP) is 6.72. The van der Waals surface area contributed by atoms with Crippen molar-refractivity contribution < 1.29 is 9.18 Å². The minimum atomic E-state index is -0.306.